The van der Waals surface area contributed by atoms with Gasteiger partial charge >= 0.3 is 0 Å². The van der Waals surface area contributed by atoms with Gasteiger partial charge < -0.3 is 0 Å². The lowest BCUT2D eigenvalue weighted by Gasteiger charge is -2.04. The molecule has 1 aromatic carbocycles. The summed E-state index contributed by atoms with van der Waals surface area (Å²) in [6, 6.07) is 9.82. The van der Waals surface area contributed by atoms with Gasteiger partial charge in [0, 0.05) is 5.38 Å². The maximum Gasteiger partial charge on any atom is 0.169 e. The number of benzene rings is 1. The molecular weight excluding hydrogens is 288 g/mol. The number of alkyl halides is 1. The van der Waals surface area contributed by atoms with E-state index < -0.39 is 0 Å². The molecule has 1 unspecified atom stereocenters. The Labute approximate surface area is 116 Å². The summed E-state index contributed by atoms with van der Waals surface area (Å²) in [5, 5.41) is 15.3. The van der Waals surface area contributed by atoms with E-state index in [0.29, 0.717) is 0 Å². The molecule has 3 aromatic rings. The van der Waals surface area contributed by atoms with Crippen molar-refractivity contribution in [2.45, 2.75) is 5.38 Å². The maximum atomic E-state index is 6.38. The summed E-state index contributed by atoms with van der Waals surface area (Å²) in [5.74, 6) is 0. The number of halogens is 1. The van der Waals surface area contributed by atoms with Crippen LogP contribution in [0.15, 0.2) is 35.7 Å². The first-order valence-corrected chi connectivity index (χ1v) is 7.23. The quantitative estimate of drug-likeness (QED) is 0.695. The van der Waals surface area contributed by atoms with Crippen molar-refractivity contribution in [2.75, 3.05) is 0 Å². The van der Waals surface area contributed by atoms with Crippen molar-refractivity contribution in [3.05, 3.63) is 46.3 Å². The van der Waals surface area contributed by atoms with Gasteiger partial charge in [-0.2, -0.15) is 0 Å². The van der Waals surface area contributed by atoms with Crippen molar-refractivity contribution in [1.29, 1.82) is 0 Å². The second kappa shape index (κ2) is 5.09. The summed E-state index contributed by atoms with van der Waals surface area (Å²) < 4.78 is 3.81. The highest BCUT2D eigenvalue weighted by Gasteiger charge is 2.17. The van der Waals surface area contributed by atoms with Crippen LogP contribution in [0.3, 0.4) is 0 Å². The van der Waals surface area contributed by atoms with E-state index in [9.17, 15) is 0 Å². The summed E-state index contributed by atoms with van der Waals surface area (Å²) in [7, 11) is 0. The molecule has 7 heteroatoms. The molecule has 0 saturated carbocycles. The highest BCUT2D eigenvalue weighted by Crippen LogP contribution is 2.33. The molecule has 2 aromatic heterocycles. The predicted molar refractivity (Wildman–Crippen MR) is 73.0 cm³/mol. The van der Waals surface area contributed by atoms with Crippen LogP contribution >= 0.6 is 34.5 Å². The van der Waals surface area contributed by atoms with E-state index in [1.54, 1.807) is 0 Å². The first-order valence-electron chi connectivity index (χ1n) is 5.14. The van der Waals surface area contributed by atoms with Crippen molar-refractivity contribution in [1.82, 2.24) is 19.8 Å². The molecule has 3 rings (SSSR count). The van der Waals surface area contributed by atoms with Crippen LogP contribution < -0.4 is 0 Å². The Kier molecular flexibility index (Phi) is 3.31. The van der Waals surface area contributed by atoms with Crippen LogP contribution in [0, 0.1) is 0 Å². The Bertz CT molecular complexity index is 624. The normalized spacial score (nSPS) is 12.5. The fraction of sp³-hybridized carbons (Fsp3) is 0.0909. The molecule has 0 N–H and O–H groups in total. The van der Waals surface area contributed by atoms with Crippen molar-refractivity contribution in [3.8, 4) is 10.7 Å². The summed E-state index contributed by atoms with van der Waals surface area (Å²) in [5.41, 5.74) is 1.76. The standard InChI is InChI=1S/C11H7ClN4S2/c12-9(7-4-2-1-3-5-7)11-15-14-10(18-11)8-6-17-16-13-8/h1-6,9H. The molecular formula is C11H7ClN4S2. The zero-order valence-electron chi connectivity index (χ0n) is 9.02. The van der Waals surface area contributed by atoms with Crippen LogP contribution in [0.1, 0.15) is 15.9 Å². The fourth-order valence-corrected chi connectivity index (χ4v) is 3.11. The molecule has 18 heavy (non-hydrogen) atoms. The van der Waals surface area contributed by atoms with E-state index in [-0.39, 0.29) is 5.38 Å². The SMILES string of the molecule is ClC(c1ccccc1)c1nnc(-c2csnn2)s1. The summed E-state index contributed by atoms with van der Waals surface area (Å²) in [4.78, 5) is 0. The molecule has 0 saturated heterocycles. The molecule has 0 amide bonds. The van der Waals surface area contributed by atoms with Crippen molar-refractivity contribution < 1.29 is 0 Å². The van der Waals surface area contributed by atoms with Gasteiger partial charge in [0.25, 0.3) is 0 Å². The van der Waals surface area contributed by atoms with E-state index in [0.717, 1.165) is 21.3 Å². The van der Waals surface area contributed by atoms with E-state index in [1.807, 2.05) is 35.7 Å². The van der Waals surface area contributed by atoms with E-state index in [4.69, 9.17) is 11.6 Å². The molecule has 0 aliphatic heterocycles. The van der Waals surface area contributed by atoms with Gasteiger partial charge in [0.1, 0.15) is 16.1 Å². The van der Waals surface area contributed by atoms with Gasteiger partial charge in [-0.3, -0.25) is 0 Å². The highest BCUT2D eigenvalue weighted by molar-refractivity contribution is 7.15. The van der Waals surface area contributed by atoms with Crippen molar-refractivity contribution in [3.63, 3.8) is 0 Å². The molecule has 0 aliphatic carbocycles. The van der Waals surface area contributed by atoms with E-state index in [2.05, 4.69) is 19.8 Å². The molecule has 0 fully saturated rings. The monoisotopic (exact) mass is 294 g/mol. The summed E-state index contributed by atoms with van der Waals surface area (Å²) in [6.45, 7) is 0. The summed E-state index contributed by atoms with van der Waals surface area (Å²) in [6.07, 6.45) is 0. The van der Waals surface area contributed by atoms with Crippen LogP contribution in [0.25, 0.3) is 10.7 Å². The molecule has 4 nitrogen and oxygen atoms in total. The zero-order valence-corrected chi connectivity index (χ0v) is 11.4. The topological polar surface area (TPSA) is 51.6 Å². The van der Waals surface area contributed by atoms with Crippen LogP contribution in [0.4, 0.5) is 0 Å². The molecule has 1 atom stereocenters. The lowest BCUT2D eigenvalue weighted by atomic mass is 10.1. The van der Waals surface area contributed by atoms with Crippen molar-refractivity contribution >= 4 is 34.5 Å². The minimum atomic E-state index is -0.274. The van der Waals surface area contributed by atoms with Crippen LogP contribution in [-0.4, -0.2) is 19.8 Å². The van der Waals surface area contributed by atoms with Gasteiger partial charge in [0.05, 0.1) is 0 Å². The number of aromatic nitrogens is 4. The average molecular weight is 295 g/mol. The second-order valence-corrected chi connectivity index (χ2v) is 5.56. The number of hydrogen-bond acceptors (Lipinski definition) is 6. The van der Waals surface area contributed by atoms with Gasteiger partial charge in [0.15, 0.2) is 5.01 Å². The second-order valence-electron chi connectivity index (χ2n) is 3.51. The molecule has 0 radical (unpaired) electrons. The van der Waals surface area contributed by atoms with Crippen LogP contribution in [0.2, 0.25) is 0 Å². The smallest absolute Gasteiger partial charge is 0.141 e. The Morgan fingerprint density at radius 3 is 2.61 bits per heavy atom. The van der Waals surface area contributed by atoms with Crippen molar-refractivity contribution in [2.24, 2.45) is 0 Å². The first kappa shape index (κ1) is 11.7. The first-order chi connectivity index (χ1) is 8.84. The maximum absolute atomic E-state index is 6.38. The van der Waals surface area contributed by atoms with Gasteiger partial charge in [-0.05, 0) is 17.1 Å². The van der Waals surface area contributed by atoms with Crippen LogP contribution in [-0.2, 0) is 0 Å². The van der Waals surface area contributed by atoms with E-state index in [1.165, 1.54) is 22.9 Å². The third-order valence-corrected chi connectivity index (χ3v) is 4.43. The molecule has 0 aliphatic rings. The van der Waals surface area contributed by atoms with Crippen LogP contribution in [0.5, 0.6) is 0 Å². The number of nitrogens with zero attached hydrogens (tertiary/aromatic N) is 4. The molecule has 0 spiro atoms. The summed E-state index contributed by atoms with van der Waals surface area (Å²) >= 11 is 9.12. The lowest BCUT2D eigenvalue weighted by molar-refractivity contribution is 0.984. The lowest BCUT2D eigenvalue weighted by Crippen LogP contribution is -1.91. The Morgan fingerprint density at radius 1 is 1.06 bits per heavy atom. The number of hydrogen-bond donors (Lipinski definition) is 0. The van der Waals surface area contributed by atoms with Gasteiger partial charge in [0.2, 0.25) is 0 Å². The predicted octanol–water partition coefficient (Wildman–Crippen LogP) is 3.38. The highest BCUT2D eigenvalue weighted by atomic mass is 35.5. The largest absolute Gasteiger partial charge is 0.169 e. The fourth-order valence-electron chi connectivity index (χ4n) is 1.46. The zero-order chi connectivity index (χ0) is 12.4. The average Bonchev–Trinajstić information content (AvgIpc) is 3.09. The van der Waals surface area contributed by atoms with Gasteiger partial charge in [-0.25, -0.2) is 0 Å². The Morgan fingerprint density at radius 2 is 1.89 bits per heavy atom. The molecule has 90 valence electrons. The Hall–Kier alpha value is -1.37. The minimum absolute atomic E-state index is 0.274. The third-order valence-electron chi connectivity index (χ3n) is 2.33. The molecule has 2 heterocycles. The van der Waals surface area contributed by atoms with E-state index >= 15 is 0 Å². The third kappa shape index (κ3) is 2.27. The minimum Gasteiger partial charge on any atom is -0.141 e. The molecule has 0 bridgehead atoms. The Balaban J connectivity index is 1.90. The number of rotatable bonds is 3. The van der Waals surface area contributed by atoms with Gasteiger partial charge in [-0.15, -0.1) is 26.9 Å². The van der Waals surface area contributed by atoms with Gasteiger partial charge in [-0.1, -0.05) is 46.2 Å².